The van der Waals surface area contributed by atoms with E-state index in [9.17, 15) is 17.1 Å². The Hall–Kier alpha value is -0.910. The Morgan fingerprint density at radius 1 is 1.64 bits per heavy atom. The smallest absolute Gasteiger partial charge is 0.302 e. The highest BCUT2D eigenvalue weighted by atomic mass is 32.3. The van der Waals surface area contributed by atoms with Gasteiger partial charge in [-0.05, 0) is 0 Å². The van der Waals surface area contributed by atoms with E-state index in [4.69, 9.17) is 0 Å². The summed E-state index contributed by atoms with van der Waals surface area (Å²) in [6.07, 6.45) is 1.67. The predicted octanol–water partition coefficient (Wildman–Crippen LogP) is 0.320. The van der Waals surface area contributed by atoms with Crippen LogP contribution < -0.4 is 0 Å². The first-order chi connectivity index (χ1) is 6.42. The second kappa shape index (κ2) is 4.08. The first-order valence-corrected chi connectivity index (χ1v) is 5.78. The molecule has 1 atom stereocenters. The highest BCUT2D eigenvalue weighted by Gasteiger charge is 2.31. The summed E-state index contributed by atoms with van der Waals surface area (Å²) in [5.41, 5.74) is 0. The van der Waals surface area contributed by atoms with Gasteiger partial charge in [-0.15, -0.1) is 10.5 Å². The number of likely N-dealkylation sites (tertiary alicyclic amines) is 1. The van der Waals surface area contributed by atoms with E-state index in [1.807, 2.05) is 0 Å². The van der Waals surface area contributed by atoms with Crippen molar-refractivity contribution in [3.05, 3.63) is 12.7 Å². The largest absolute Gasteiger partial charge is 0.339 e. The van der Waals surface area contributed by atoms with Gasteiger partial charge in [0.25, 0.3) is 0 Å². The molecule has 0 aromatic carbocycles. The lowest BCUT2D eigenvalue weighted by molar-refractivity contribution is -0.127. The van der Waals surface area contributed by atoms with E-state index in [1.54, 1.807) is 6.08 Å². The molecule has 1 rings (SSSR count). The number of nitrogens with zero attached hydrogens (tertiary/aromatic N) is 1. The molecule has 1 fully saturated rings. The Kier molecular flexibility index (Phi) is 3.25. The van der Waals surface area contributed by atoms with Crippen LogP contribution in [0.2, 0.25) is 0 Å². The van der Waals surface area contributed by atoms with E-state index in [1.165, 1.54) is 4.90 Å². The fourth-order valence-electron chi connectivity index (χ4n) is 1.58. The minimum Gasteiger partial charge on any atom is -0.339 e. The molecule has 0 bridgehead atoms. The molecule has 14 heavy (non-hydrogen) atoms. The maximum absolute atomic E-state index is 12.3. The molecule has 1 aliphatic rings. The molecule has 0 spiro atoms. The summed E-state index contributed by atoms with van der Waals surface area (Å²) in [7, 11) is -4.47. The molecule has 80 valence electrons. The summed E-state index contributed by atoms with van der Waals surface area (Å²) in [4.78, 5) is 12.7. The van der Waals surface area contributed by atoms with Gasteiger partial charge in [-0.3, -0.25) is 4.79 Å². The highest BCUT2D eigenvalue weighted by molar-refractivity contribution is 7.86. The zero-order chi connectivity index (χ0) is 10.8. The lowest BCUT2D eigenvalue weighted by Gasteiger charge is -2.12. The summed E-state index contributed by atoms with van der Waals surface area (Å²) >= 11 is 0. The number of halogens is 1. The summed E-state index contributed by atoms with van der Waals surface area (Å²) in [6.45, 7) is 4.16. The number of amides is 1. The van der Waals surface area contributed by atoms with E-state index >= 15 is 0 Å². The molecule has 0 aliphatic carbocycles. The summed E-state index contributed by atoms with van der Waals surface area (Å²) in [5, 5.41) is 0. The van der Waals surface area contributed by atoms with Crippen LogP contribution in [0.1, 0.15) is 6.42 Å². The SMILES string of the molecule is C=CCN1CC(CS(=O)(=O)F)CC1=O. The van der Waals surface area contributed by atoms with E-state index in [0.29, 0.717) is 13.1 Å². The average Bonchev–Trinajstić information content (AvgIpc) is 2.28. The molecule has 4 nitrogen and oxygen atoms in total. The van der Waals surface area contributed by atoms with E-state index in [0.717, 1.165) is 0 Å². The van der Waals surface area contributed by atoms with Crippen LogP contribution in [0.25, 0.3) is 0 Å². The maximum Gasteiger partial charge on any atom is 0.302 e. The Bertz CT molecular complexity index is 338. The van der Waals surface area contributed by atoms with Gasteiger partial charge in [0.15, 0.2) is 0 Å². The van der Waals surface area contributed by atoms with Crippen molar-refractivity contribution in [2.45, 2.75) is 6.42 Å². The average molecular weight is 221 g/mol. The molecule has 0 N–H and O–H groups in total. The van der Waals surface area contributed by atoms with Crippen LogP contribution >= 0.6 is 0 Å². The minimum absolute atomic E-state index is 0.108. The Morgan fingerprint density at radius 3 is 2.79 bits per heavy atom. The van der Waals surface area contributed by atoms with Crippen molar-refractivity contribution in [3.8, 4) is 0 Å². The quantitative estimate of drug-likeness (QED) is 0.507. The van der Waals surface area contributed by atoms with Crippen molar-refractivity contribution in [3.63, 3.8) is 0 Å². The minimum atomic E-state index is -4.47. The zero-order valence-corrected chi connectivity index (χ0v) is 8.46. The predicted molar refractivity (Wildman–Crippen MR) is 49.8 cm³/mol. The van der Waals surface area contributed by atoms with E-state index < -0.39 is 21.9 Å². The van der Waals surface area contributed by atoms with Gasteiger partial charge >= 0.3 is 10.2 Å². The fraction of sp³-hybridized carbons (Fsp3) is 0.625. The van der Waals surface area contributed by atoms with Gasteiger partial charge in [0.2, 0.25) is 5.91 Å². The second-order valence-electron chi connectivity index (χ2n) is 3.36. The van der Waals surface area contributed by atoms with Gasteiger partial charge in [-0.2, -0.15) is 8.42 Å². The van der Waals surface area contributed by atoms with Gasteiger partial charge in [-0.1, -0.05) is 6.08 Å². The van der Waals surface area contributed by atoms with Gasteiger partial charge < -0.3 is 4.90 Å². The molecule has 0 aromatic heterocycles. The van der Waals surface area contributed by atoms with Crippen molar-refractivity contribution in [1.29, 1.82) is 0 Å². The van der Waals surface area contributed by atoms with Crippen LogP contribution in [0.5, 0.6) is 0 Å². The lowest BCUT2D eigenvalue weighted by atomic mass is 10.1. The van der Waals surface area contributed by atoms with Crippen LogP contribution in [-0.4, -0.2) is 38.1 Å². The van der Waals surface area contributed by atoms with Gasteiger partial charge in [0, 0.05) is 25.4 Å². The van der Waals surface area contributed by atoms with Crippen molar-refractivity contribution in [1.82, 2.24) is 4.90 Å². The highest BCUT2D eigenvalue weighted by Crippen LogP contribution is 2.19. The molecular weight excluding hydrogens is 209 g/mol. The third-order valence-electron chi connectivity index (χ3n) is 2.08. The monoisotopic (exact) mass is 221 g/mol. The number of carbonyl (C=O) groups is 1. The van der Waals surface area contributed by atoms with Gasteiger partial charge in [-0.25, -0.2) is 0 Å². The number of hydrogen-bond acceptors (Lipinski definition) is 3. The molecule has 6 heteroatoms. The summed E-state index contributed by atoms with van der Waals surface area (Å²) < 4.78 is 33.0. The molecule has 1 saturated heterocycles. The van der Waals surface area contributed by atoms with Crippen LogP contribution in [0.15, 0.2) is 12.7 Å². The number of hydrogen-bond donors (Lipinski definition) is 0. The first-order valence-electron chi connectivity index (χ1n) is 4.23. The summed E-state index contributed by atoms with van der Waals surface area (Å²) in [6, 6.07) is 0. The molecule has 1 aliphatic heterocycles. The number of carbonyl (C=O) groups excluding carboxylic acids is 1. The van der Waals surface area contributed by atoms with Crippen LogP contribution in [0.3, 0.4) is 0 Å². The third kappa shape index (κ3) is 3.10. The first kappa shape index (κ1) is 11.2. The molecule has 1 amide bonds. The van der Waals surface area contributed by atoms with Crippen molar-refractivity contribution in [2.24, 2.45) is 5.92 Å². The van der Waals surface area contributed by atoms with Gasteiger partial charge in [0.1, 0.15) is 0 Å². The topological polar surface area (TPSA) is 54.5 Å². The van der Waals surface area contributed by atoms with Crippen molar-refractivity contribution < 1.29 is 17.1 Å². The molecule has 0 saturated carbocycles. The molecular formula is C8H12FNO3S. The van der Waals surface area contributed by atoms with E-state index in [-0.39, 0.29) is 12.3 Å². The third-order valence-corrected chi connectivity index (χ3v) is 2.95. The normalized spacial score (nSPS) is 22.8. The molecule has 1 unspecified atom stereocenters. The van der Waals surface area contributed by atoms with E-state index in [2.05, 4.69) is 6.58 Å². The molecule has 0 radical (unpaired) electrons. The van der Waals surface area contributed by atoms with Gasteiger partial charge in [0.05, 0.1) is 5.75 Å². The zero-order valence-electron chi connectivity index (χ0n) is 7.65. The Morgan fingerprint density at radius 2 is 2.29 bits per heavy atom. The van der Waals surface area contributed by atoms with Crippen LogP contribution in [-0.2, 0) is 15.0 Å². The standard InChI is InChI=1S/C8H12FNO3S/c1-2-3-10-5-7(4-8(10)11)6-14(9,12)13/h2,7H,1,3-6H2. The summed E-state index contributed by atoms with van der Waals surface area (Å²) in [5.74, 6) is -1.12. The fourth-order valence-corrected chi connectivity index (χ4v) is 2.37. The number of rotatable bonds is 4. The maximum atomic E-state index is 12.3. The van der Waals surface area contributed by atoms with Crippen molar-refractivity contribution >= 4 is 16.1 Å². The second-order valence-corrected chi connectivity index (χ2v) is 4.77. The van der Waals surface area contributed by atoms with Crippen LogP contribution in [0.4, 0.5) is 3.89 Å². The molecule has 0 aromatic rings. The lowest BCUT2D eigenvalue weighted by Crippen LogP contribution is -2.25. The Balaban J connectivity index is 2.55. The van der Waals surface area contributed by atoms with Crippen molar-refractivity contribution in [2.75, 3.05) is 18.8 Å². The Labute approximate surface area is 82.6 Å². The van der Waals surface area contributed by atoms with Crippen LogP contribution in [0, 0.1) is 5.92 Å². The molecule has 1 heterocycles.